The molecule has 2 aromatic heterocycles. The molecule has 5 aromatic rings. The van der Waals surface area contributed by atoms with Crippen LogP contribution in [0.2, 0.25) is 0 Å². The Bertz CT molecular complexity index is 2200. The summed E-state index contributed by atoms with van der Waals surface area (Å²) in [6.45, 7) is 2.56. The second kappa shape index (κ2) is 11.5. The minimum absolute atomic E-state index is 0.246. The first kappa shape index (κ1) is 29.7. The highest BCUT2D eigenvalue weighted by Gasteiger charge is 2.47. The molecule has 0 saturated heterocycles. The second-order valence-corrected chi connectivity index (χ2v) is 12.6. The molecule has 1 fully saturated rings. The number of ether oxygens (including phenoxy) is 2. The number of fused-ring (bicyclic) bond motifs is 3. The molecule has 0 unspecified atom stereocenters. The maximum Gasteiger partial charge on any atom is 0.149 e. The van der Waals surface area contributed by atoms with Gasteiger partial charge >= 0.3 is 0 Å². The number of nitrogens with one attached hydrogen (secondary N) is 2. The fraction of sp³-hybridized carbons (Fsp3) is 0.205. The molecule has 8 nitrogen and oxygen atoms in total. The van der Waals surface area contributed by atoms with E-state index in [1.165, 1.54) is 17.7 Å². The molecule has 3 aromatic carbocycles. The van der Waals surface area contributed by atoms with E-state index in [0.717, 1.165) is 58.1 Å². The molecular weight excluding hydrogens is 605 g/mol. The lowest BCUT2D eigenvalue weighted by atomic mass is 9.77. The molecule has 9 heteroatoms. The summed E-state index contributed by atoms with van der Waals surface area (Å²) in [5.41, 5.74) is 8.23. The summed E-state index contributed by atoms with van der Waals surface area (Å²) in [7, 11) is 1.64. The normalized spacial score (nSPS) is 18.1. The van der Waals surface area contributed by atoms with Crippen molar-refractivity contribution in [2.45, 2.75) is 31.1 Å². The van der Waals surface area contributed by atoms with Crippen molar-refractivity contribution >= 4 is 40.0 Å². The van der Waals surface area contributed by atoms with E-state index in [0.29, 0.717) is 46.4 Å². The van der Waals surface area contributed by atoms with Gasteiger partial charge in [-0.05, 0) is 79.9 Å². The molecule has 4 heterocycles. The lowest BCUT2D eigenvalue weighted by Crippen LogP contribution is -2.38. The van der Waals surface area contributed by atoms with Gasteiger partial charge in [0, 0.05) is 46.1 Å². The third-order valence-corrected chi connectivity index (χ3v) is 9.45. The van der Waals surface area contributed by atoms with Gasteiger partial charge < -0.3 is 19.6 Å². The average molecular weight is 638 g/mol. The van der Waals surface area contributed by atoms with E-state index in [1.807, 2.05) is 55.5 Å². The van der Waals surface area contributed by atoms with Crippen LogP contribution in [-0.4, -0.2) is 47.9 Å². The number of para-hydroxylation sites is 1. The van der Waals surface area contributed by atoms with Gasteiger partial charge in [0.1, 0.15) is 41.4 Å². The summed E-state index contributed by atoms with van der Waals surface area (Å²) in [6, 6.07) is 23.6. The molecule has 238 valence electrons. The SMILES string of the molecule is COc1cc(C(NC[C@@H](C=O)c2cc3c(c(-c4ccc(F)cc4)n2)OC[C@]3(C)C2=Nc3ccccc3C2=N)=C2CC2)cc2cccnc12. The van der Waals surface area contributed by atoms with E-state index in [1.54, 1.807) is 25.4 Å². The number of allylic oxidation sites excluding steroid dienone is 1. The zero-order valence-corrected chi connectivity index (χ0v) is 26.5. The average Bonchev–Trinajstić information content (AvgIpc) is 3.82. The smallest absolute Gasteiger partial charge is 0.149 e. The van der Waals surface area contributed by atoms with E-state index in [2.05, 4.69) is 16.4 Å². The third-order valence-electron chi connectivity index (χ3n) is 9.45. The Morgan fingerprint density at radius 3 is 2.67 bits per heavy atom. The van der Waals surface area contributed by atoms with Crippen molar-refractivity contribution in [1.29, 1.82) is 5.41 Å². The molecule has 0 bridgehead atoms. The van der Waals surface area contributed by atoms with Crippen molar-refractivity contribution in [3.63, 3.8) is 0 Å². The molecule has 0 radical (unpaired) electrons. The second-order valence-electron chi connectivity index (χ2n) is 12.6. The Kier molecular flexibility index (Phi) is 7.13. The fourth-order valence-electron chi connectivity index (χ4n) is 6.72. The minimum Gasteiger partial charge on any atom is -0.494 e. The molecule has 48 heavy (non-hydrogen) atoms. The number of rotatable bonds is 9. The highest BCUT2D eigenvalue weighted by molar-refractivity contribution is 6.53. The number of aromatic nitrogens is 2. The minimum atomic E-state index is -0.782. The standard InChI is InChI=1S/C39H32FN5O3/c1-39(38-33(41)28-7-3-4-8-30(28)45-38)21-48-37-29(39)18-31(44-36(37)23-11-13-27(40)14-12-23)26(20-46)19-43-34(22-9-10-22)25-16-24-6-5-15-42-35(24)32(17-25)47-2/h3-8,11-18,20,26,41,43H,9-10,19,21H2,1-2H3/t26-,39-/m0/s1. The van der Waals surface area contributed by atoms with Gasteiger partial charge in [-0.3, -0.25) is 10.4 Å². The zero-order chi connectivity index (χ0) is 33.0. The first-order chi connectivity index (χ1) is 23.4. The largest absolute Gasteiger partial charge is 0.494 e. The van der Waals surface area contributed by atoms with Crippen molar-refractivity contribution < 1.29 is 18.7 Å². The Labute approximate surface area is 276 Å². The highest BCUT2D eigenvalue weighted by atomic mass is 19.1. The predicted octanol–water partition coefficient (Wildman–Crippen LogP) is 7.33. The first-order valence-electron chi connectivity index (χ1n) is 15.9. The molecule has 1 saturated carbocycles. The van der Waals surface area contributed by atoms with Crippen LogP contribution in [0.5, 0.6) is 11.5 Å². The number of methoxy groups -OCH3 is 1. The summed E-state index contributed by atoms with van der Waals surface area (Å²) in [5, 5.41) is 13.6. The monoisotopic (exact) mass is 637 g/mol. The molecule has 0 amide bonds. The predicted molar refractivity (Wildman–Crippen MR) is 184 cm³/mol. The number of carbonyl (C=O) groups is 1. The molecule has 2 atom stereocenters. The quantitative estimate of drug-likeness (QED) is 0.164. The van der Waals surface area contributed by atoms with Gasteiger partial charge in [-0.1, -0.05) is 24.3 Å². The van der Waals surface area contributed by atoms with Gasteiger partial charge in [-0.2, -0.15) is 0 Å². The maximum atomic E-state index is 14.0. The molecule has 8 rings (SSSR count). The summed E-state index contributed by atoms with van der Waals surface area (Å²) >= 11 is 0. The fourth-order valence-corrected chi connectivity index (χ4v) is 6.72. The number of aliphatic imine (C=N–C) groups is 1. The third kappa shape index (κ3) is 4.94. The lowest BCUT2D eigenvalue weighted by Gasteiger charge is -2.24. The van der Waals surface area contributed by atoms with Gasteiger partial charge in [-0.15, -0.1) is 0 Å². The summed E-state index contributed by atoms with van der Waals surface area (Å²) < 4.78 is 26.0. The van der Waals surface area contributed by atoms with Gasteiger partial charge in [0.2, 0.25) is 0 Å². The van der Waals surface area contributed by atoms with Gasteiger partial charge in [0.15, 0.2) is 0 Å². The van der Waals surface area contributed by atoms with Gasteiger partial charge in [0.25, 0.3) is 0 Å². The van der Waals surface area contributed by atoms with Crippen LogP contribution >= 0.6 is 0 Å². The Balaban J connectivity index is 1.19. The van der Waals surface area contributed by atoms with Crippen LogP contribution in [0.4, 0.5) is 10.1 Å². The van der Waals surface area contributed by atoms with E-state index < -0.39 is 11.3 Å². The topological polar surface area (TPSA) is 110 Å². The Hall–Kier alpha value is -5.70. The number of carbonyl (C=O) groups excluding carboxylic acids is 1. The molecule has 0 spiro atoms. The summed E-state index contributed by atoms with van der Waals surface area (Å²) in [5.74, 6) is 0.247. The molecule has 3 aliphatic rings. The molecular formula is C39H32FN5O3. The highest BCUT2D eigenvalue weighted by Crippen LogP contribution is 2.48. The van der Waals surface area contributed by atoms with Crippen LogP contribution in [0.25, 0.3) is 27.9 Å². The number of nitrogens with zero attached hydrogens (tertiary/aromatic N) is 3. The first-order valence-corrected chi connectivity index (χ1v) is 15.9. The number of benzene rings is 3. The molecule has 1 aliphatic carbocycles. The zero-order valence-electron chi connectivity index (χ0n) is 26.5. The number of hydrogen-bond donors (Lipinski definition) is 2. The summed E-state index contributed by atoms with van der Waals surface area (Å²) in [4.78, 5) is 27.2. The van der Waals surface area contributed by atoms with E-state index in [9.17, 15) is 9.18 Å². The van der Waals surface area contributed by atoms with Gasteiger partial charge in [0.05, 0.1) is 41.2 Å². The Morgan fingerprint density at radius 2 is 1.92 bits per heavy atom. The van der Waals surface area contributed by atoms with Crippen LogP contribution in [0.3, 0.4) is 0 Å². The van der Waals surface area contributed by atoms with Crippen LogP contribution in [-0.2, 0) is 10.2 Å². The van der Waals surface area contributed by atoms with Gasteiger partial charge in [-0.25, -0.2) is 14.4 Å². The van der Waals surface area contributed by atoms with Crippen molar-refractivity contribution in [2.75, 3.05) is 20.3 Å². The molecule has 2 aliphatic heterocycles. The van der Waals surface area contributed by atoms with Crippen LogP contribution in [0.1, 0.15) is 48.1 Å². The summed E-state index contributed by atoms with van der Waals surface area (Å²) in [6.07, 6.45) is 4.60. The maximum absolute atomic E-state index is 14.0. The van der Waals surface area contributed by atoms with Crippen LogP contribution in [0, 0.1) is 11.2 Å². The van der Waals surface area contributed by atoms with E-state index in [-0.39, 0.29) is 12.4 Å². The van der Waals surface area contributed by atoms with Crippen molar-refractivity contribution in [3.05, 3.63) is 119 Å². The molecule has 2 N–H and O–H groups in total. The van der Waals surface area contributed by atoms with Crippen LogP contribution in [0.15, 0.2) is 95.6 Å². The van der Waals surface area contributed by atoms with E-state index >= 15 is 0 Å². The van der Waals surface area contributed by atoms with E-state index in [4.69, 9.17) is 24.9 Å². The Morgan fingerprint density at radius 1 is 1.10 bits per heavy atom. The van der Waals surface area contributed by atoms with Crippen molar-refractivity contribution in [1.82, 2.24) is 15.3 Å². The number of pyridine rings is 2. The number of aldehydes is 1. The van der Waals surface area contributed by atoms with Crippen molar-refractivity contribution in [3.8, 4) is 22.8 Å². The lowest BCUT2D eigenvalue weighted by molar-refractivity contribution is -0.109. The van der Waals surface area contributed by atoms with Crippen molar-refractivity contribution in [2.24, 2.45) is 4.99 Å². The number of hydrogen-bond acceptors (Lipinski definition) is 8. The number of halogens is 1. The van der Waals surface area contributed by atoms with Crippen LogP contribution < -0.4 is 14.8 Å².